The smallest absolute Gasteiger partial charge is 0.252 e. The lowest BCUT2D eigenvalue weighted by molar-refractivity contribution is 0.0881. The molecular weight excluding hydrogens is 269 g/mol. The van der Waals surface area contributed by atoms with Gasteiger partial charge in [-0.1, -0.05) is 24.4 Å². The van der Waals surface area contributed by atoms with Gasteiger partial charge in [-0.25, -0.2) is 4.39 Å². The number of aliphatic hydroxyl groups is 1. The third-order valence-electron chi connectivity index (χ3n) is 3.80. The summed E-state index contributed by atoms with van der Waals surface area (Å²) in [6, 6.07) is 3.69. The molecule has 0 atom stereocenters. The van der Waals surface area contributed by atoms with Crippen molar-refractivity contribution in [1.29, 1.82) is 0 Å². The van der Waals surface area contributed by atoms with E-state index in [9.17, 15) is 14.3 Å². The normalized spacial score (nSPS) is 17.4. The fourth-order valence-electron chi connectivity index (χ4n) is 2.55. The van der Waals surface area contributed by atoms with E-state index in [4.69, 9.17) is 11.6 Å². The first kappa shape index (κ1) is 14.3. The van der Waals surface area contributed by atoms with Crippen LogP contribution < -0.4 is 5.32 Å². The maximum absolute atomic E-state index is 12.9. The Kier molecular flexibility index (Phi) is 4.42. The molecule has 1 aliphatic rings. The maximum atomic E-state index is 12.9. The second-order valence-electron chi connectivity index (χ2n) is 5.17. The molecule has 1 aromatic rings. The molecular formula is C14H17ClFNO2. The molecule has 2 rings (SSSR count). The zero-order valence-corrected chi connectivity index (χ0v) is 11.3. The minimum atomic E-state index is -0.468. The number of halogens is 2. The van der Waals surface area contributed by atoms with Gasteiger partial charge in [-0.3, -0.25) is 4.79 Å². The van der Waals surface area contributed by atoms with Crippen molar-refractivity contribution >= 4 is 17.5 Å². The van der Waals surface area contributed by atoms with E-state index in [2.05, 4.69) is 5.32 Å². The van der Waals surface area contributed by atoms with Crippen molar-refractivity contribution < 1.29 is 14.3 Å². The minimum Gasteiger partial charge on any atom is -0.396 e. The van der Waals surface area contributed by atoms with E-state index in [1.165, 1.54) is 12.1 Å². The Bertz CT molecular complexity index is 473. The molecule has 0 saturated heterocycles. The molecule has 1 saturated carbocycles. The fraction of sp³-hybridized carbons (Fsp3) is 0.500. The molecule has 3 nitrogen and oxygen atoms in total. The number of hydrogen-bond donors (Lipinski definition) is 2. The number of amides is 1. The molecule has 0 aromatic heterocycles. The van der Waals surface area contributed by atoms with Crippen LogP contribution in [0.2, 0.25) is 5.02 Å². The Hall–Kier alpha value is -1.13. The van der Waals surface area contributed by atoms with Crippen LogP contribution in [0.5, 0.6) is 0 Å². The lowest BCUT2D eigenvalue weighted by Gasteiger charge is -2.26. The second-order valence-corrected chi connectivity index (χ2v) is 5.58. The molecule has 0 bridgehead atoms. The predicted octanol–water partition coefficient (Wildman–Crippen LogP) is 2.76. The summed E-state index contributed by atoms with van der Waals surface area (Å²) in [5.74, 6) is -0.797. The number of rotatable bonds is 4. The van der Waals surface area contributed by atoms with Gasteiger partial charge in [0, 0.05) is 12.0 Å². The van der Waals surface area contributed by atoms with Crippen molar-refractivity contribution in [2.75, 3.05) is 13.2 Å². The van der Waals surface area contributed by atoms with Gasteiger partial charge in [0.1, 0.15) is 5.82 Å². The summed E-state index contributed by atoms with van der Waals surface area (Å²) in [5.41, 5.74) is 0.0523. The maximum Gasteiger partial charge on any atom is 0.252 e. The number of nitrogens with one attached hydrogen (secondary N) is 1. The Labute approximate surface area is 116 Å². The lowest BCUT2D eigenvalue weighted by Crippen LogP contribution is -2.38. The summed E-state index contributed by atoms with van der Waals surface area (Å²) in [4.78, 5) is 12.0. The molecule has 0 unspecified atom stereocenters. The first-order valence-corrected chi connectivity index (χ1v) is 6.78. The van der Waals surface area contributed by atoms with E-state index in [0.29, 0.717) is 6.54 Å². The van der Waals surface area contributed by atoms with E-state index < -0.39 is 5.82 Å². The number of hydrogen-bond acceptors (Lipinski definition) is 2. The molecule has 0 spiro atoms. The van der Waals surface area contributed by atoms with Crippen LogP contribution in [-0.4, -0.2) is 24.2 Å². The van der Waals surface area contributed by atoms with Crippen LogP contribution in [0, 0.1) is 11.2 Å². The molecule has 104 valence electrons. The average Bonchev–Trinajstić information content (AvgIpc) is 2.85. The van der Waals surface area contributed by atoms with E-state index >= 15 is 0 Å². The van der Waals surface area contributed by atoms with Crippen LogP contribution in [0.25, 0.3) is 0 Å². The van der Waals surface area contributed by atoms with Crippen LogP contribution in [-0.2, 0) is 0 Å². The van der Waals surface area contributed by atoms with Crippen LogP contribution >= 0.6 is 11.6 Å². The number of carbonyl (C=O) groups excluding carboxylic acids is 1. The quantitative estimate of drug-likeness (QED) is 0.894. The molecule has 1 fully saturated rings. The van der Waals surface area contributed by atoms with E-state index in [1.54, 1.807) is 0 Å². The molecule has 2 N–H and O–H groups in total. The molecule has 0 aliphatic heterocycles. The topological polar surface area (TPSA) is 49.3 Å². The zero-order valence-electron chi connectivity index (χ0n) is 10.6. The van der Waals surface area contributed by atoms with Gasteiger partial charge >= 0.3 is 0 Å². The summed E-state index contributed by atoms with van der Waals surface area (Å²) < 4.78 is 12.9. The first-order valence-electron chi connectivity index (χ1n) is 6.40. The van der Waals surface area contributed by atoms with Crippen LogP contribution in [0.15, 0.2) is 18.2 Å². The highest BCUT2D eigenvalue weighted by Gasteiger charge is 2.33. The van der Waals surface area contributed by atoms with Gasteiger partial charge in [-0.15, -0.1) is 0 Å². The Morgan fingerprint density at radius 1 is 1.42 bits per heavy atom. The minimum absolute atomic E-state index is 0.0738. The van der Waals surface area contributed by atoms with Crippen molar-refractivity contribution in [2.24, 2.45) is 5.41 Å². The van der Waals surface area contributed by atoms with Crippen molar-refractivity contribution in [2.45, 2.75) is 25.7 Å². The van der Waals surface area contributed by atoms with Crippen molar-refractivity contribution in [3.63, 3.8) is 0 Å². The number of carbonyl (C=O) groups is 1. The van der Waals surface area contributed by atoms with Crippen molar-refractivity contribution in [1.82, 2.24) is 5.32 Å². The van der Waals surface area contributed by atoms with Gasteiger partial charge in [0.2, 0.25) is 0 Å². The zero-order chi connectivity index (χ0) is 13.9. The highest BCUT2D eigenvalue weighted by atomic mass is 35.5. The molecule has 1 amide bonds. The molecule has 1 aliphatic carbocycles. The van der Waals surface area contributed by atoms with Crippen LogP contribution in [0.3, 0.4) is 0 Å². The number of benzene rings is 1. The van der Waals surface area contributed by atoms with Gasteiger partial charge in [0.25, 0.3) is 5.91 Å². The second kappa shape index (κ2) is 5.88. The largest absolute Gasteiger partial charge is 0.396 e. The Morgan fingerprint density at radius 2 is 2.11 bits per heavy atom. The predicted molar refractivity (Wildman–Crippen MR) is 71.7 cm³/mol. The monoisotopic (exact) mass is 285 g/mol. The van der Waals surface area contributed by atoms with Crippen molar-refractivity contribution in [3.05, 3.63) is 34.6 Å². The van der Waals surface area contributed by atoms with Gasteiger partial charge in [-0.05, 0) is 31.0 Å². The summed E-state index contributed by atoms with van der Waals surface area (Å²) in [7, 11) is 0. The molecule has 0 heterocycles. The Balaban J connectivity index is 2.01. The summed E-state index contributed by atoms with van der Waals surface area (Å²) in [6.45, 7) is 0.500. The van der Waals surface area contributed by atoms with Crippen LogP contribution in [0.1, 0.15) is 36.0 Å². The summed E-state index contributed by atoms with van der Waals surface area (Å²) in [6.07, 6.45) is 3.99. The van der Waals surface area contributed by atoms with Gasteiger partial charge in [-0.2, -0.15) is 0 Å². The lowest BCUT2D eigenvalue weighted by atomic mass is 9.87. The average molecular weight is 286 g/mol. The van der Waals surface area contributed by atoms with Crippen molar-refractivity contribution in [3.8, 4) is 0 Å². The van der Waals surface area contributed by atoms with E-state index in [1.807, 2.05) is 0 Å². The molecule has 19 heavy (non-hydrogen) atoms. The van der Waals surface area contributed by atoms with Crippen LogP contribution in [0.4, 0.5) is 4.39 Å². The number of aliphatic hydroxyl groups excluding tert-OH is 1. The van der Waals surface area contributed by atoms with E-state index in [-0.39, 0.29) is 28.5 Å². The first-order chi connectivity index (χ1) is 9.06. The standard InChI is InChI=1S/C14H17ClFNO2/c15-12-7-10(16)3-4-11(12)13(19)17-8-14(9-18)5-1-2-6-14/h3-4,7,18H,1-2,5-6,8-9H2,(H,17,19). The highest BCUT2D eigenvalue weighted by Crippen LogP contribution is 2.37. The molecule has 0 radical (unpaired) electrons. The van der Waals surface area contributed by atoms with Gasteiger partial charge in [0.15, 0.2) is 0 Å². The molecule has 5 heteroatoms. The van der Waals surface area contributed by atoms with E-state index in [0.717, 1.165) is 31.7 Å². The highest BCUT2D eigenvalue weighted by molar-refractivity contribution is 6.33. The molecule has 1 aromatic carbocycles. The fourth-order valence-corrected chi connectivity index (χ4v) is 2.81. The third kappa shape index (κ3) is 3.25. The SMILES string of the molecule is O=C(NCC1(CO)CCCC1)c1ccc(F)cc1Cl. The Morgan fingerprint density at radius 3 is 2.68 bits per heavy atom. The summed E-state index contributed by atoms with van der Waals surface area (Å²) in [5, 5.41) is 12.4. The van der Waals surface area contributed by atoms with Gasteiger partial charge < -0.3 is 10.4 Å². The third-order valence-corrected chi connectivity index (χ3v) is 4.11. The summed E-state index contributed by atoms with van der Waals surface area (Å²) >= 11 is 5.84. The van der Waals surface area contributed by atoms with Gasteiger partial charge in [0.05, 0.1) is 17.2 Å².